The third-order valence-electron chi connectivity index (χ3n) is 4.33. The van der Waals surface area contributed by atoms with Crippen LogP contribution in [0.15, 0.2) is 34.6 Å². The summed E-state index contributed by atoms with van der Waals surface area (Å²) in [6.07, 6.45) is 0. The van der Waals surface area contributed by atoms with Crippen LogP contribution in [0.1, 0.15) is 30.5 Å². The van der Waals surface area contributed by atoms with Gasteiger partial charge in [0.1, 0.15) is 5.01 Å². The van der Waals surface area contributed by atoms with Crippen LogP contribution in [0.25, 0.3) is 0 Å². The average molecular weight is 506 g/mol. The first-order valence-corrected chi connectivity index (χ1v) is 9.78. The zero-order chi connectivity index (χ0) is 17.8. The van der Waals surface area contributed by atoms with Gasteiger partial charge >= 0.3 is 0 Å². The highest BCUT2D eigenvalue weighted by Gasteiger charge is 2.18. The summed E-state index contributed by atoms with van der Waals surface area (Å²) in [5.74, 6) is 1.06. The summed E-state index contributed by atoms with van der Waals surface area (Å²) in [4.78, 5) is 13.6. The van der Waals surface area contributed by atoms with E-state index in [4.69, 9.17) is 17.3 Å². The van der Waals surface area contributed by atoms with E-state index < -0.39 is 0 Å². The Balaban J connectivity index is 0.00000243. The Hall–Kier alpha value is -1.06. The molecule has 2 heterocycles. The molecule has 1 aromatic heterocycles. The minimum Gasteiger partial charge on any atom is -0.370 e. The minimum atomic E-state index is 0. The number of thiazole rings is 1. The molecule has 2 aromatic rings. The Labute approximate surface area is 181 Å². The van der Waals surface area contributed by atoms with E-state index in [0.717, 1.165) is 41.9 Å². The second-order valence-electron chi connectivity index (χ2n) is 6.45. The number of aliphatic imine (C=N–C) groups is 1. The molecule has 0 saturated carbocycles. The van der Waals surface area contributed by atoms with Gasteiger partial charge in [-0.2, -0.15) is 0 Å². The van der Waals surface area contributed by atoms with Crippen molar-refractivity contribution in [1.82, 2.24) is 9.88 Å². The number of nitrogens with two attached hydrogens (primary N) is 1. The maximum absolute atomic E-state index is 6.18. The molecule has 1 aliphatic heterocycles. The number of halogens is 2. The monoisotopic (exact) mass is 505 g/mol. The largest absolute Gasteiger partial charge is 0.370 e. The van der Waals surface area contributed by atoms with Crippen molar-refractivity contribution in [3.8, 4) is 0 Å². The summed E-state index contributed by atoms with van der Waals surface area (Å²) in [5.41, 5.74) is 8.51. The molecule has 26 heavy (non-hydrogen) atoms. The van der Waals surface area contributed by atoms with Crippen LogP contribution < -0.4 is 10.6 Å². The highest BCUT2D eigenvalue weighted by atomic mass is 127. The van der Waals surface area contributed by atoms with Crippen molar-refractivity contribution in [3.63, 3.8) is 0 Å². The van der Waals surface area contributed by atoms with Crippen molar-refractivity contribution in [3.05, 3.63) is 45.4 Å². The van der Waals surface area contributed by atoms with Gasteiger partial charge in [0.15, 0.2) is 5.96 Å². The molecule has 1 saturated heterocycles. The van der Waals surface area contributed by atoms with Crippen molar-refractivity contribution in [1.29, 1.82) is 0 Å². The average Bonchev–Trinajstić information content (AvgIpc) is 3.10. The Morgan fingerprint density at radius 1 is 1.23 bits per heavy atom. The van der Waals surface area contributed by atoms with Gasteiger partial charge in [0.2, 0.25) is 0 Å². The fraction of sp³-hybridized carbons (Fsp3) is 0.444. The smallest absolute Gasteiger partial charge is 0.191 e. The van der Waals surface area contributed by atoms with Crippen LogP contribution >= 0.6 is 46.9 Å². The molecule has 0 radical (unpaired) electrons. The maximum atomic E-state index is 6.18. The van der Waals surface area contributed by atoms with E-state index in [1.807, 2.05) is 12.1 Å². The van der Waals surface area contributed by atoms with E-state index in [0.29, 0.717) is 18.4 Å². The van der Waals surface area contributed by atoms with E-state index >= 15 is 0 Å². The zero-order valence-electron chi connectivity index (χ0n) is 15.1. The number of nitrogens with zero attached hydrogens (tertiary/aromatic N) is 4. The molecule has 8 heteroatoms. The molecule has 0 aliphatic carbocycles. The minimum absolute atomic E-state index is 0. The molecule has 3 rings (SSSR count). The van der Waals surface area contributed by atoms with E-state index in [-0.39, 0.29) is 24.0 Å². The van der Waals surface area contributed by atoms with Gasteiger partial charge in [0.25, 0.3) is 0 Å². The molecule has 5 nitrogen and oxygen atoms in total. The normalized spacial score (nSPS) is 15.3. The van der Waals surface area contributed by atoms with Crippen LogP contribution in [0.2, 0.25) is 5.02 Å². The van der Waals surface area contributed by atoms with Crippen LogP contribution in [0.3, 0.4) is 0 Å². The molecule has 0 amide bonds. The summed E-state index contributed by atoms with van der Waals surface area (Å²) in [7, 11) is 0. The lowest BCUT2D eigenvalue weighted by atomic mass is 10.2. The number of piperazine rings is 1. The molecule has 1 aliphatic rings. The number of rotatable bonds is 4. The Bertz CT molecular complexity index is 723. The predicted molar refractivity (Wildman–Crippen MR) is 122 cm³/mol. The Morgan fingerprint density at radius 3 is 2.46 bits per heavy atom. The van der Waals surface area contributed by atoms with Gasteiger partial charge in [-0.05, 0) is 30.2 Å². The molecule has 0 bridgehead atoms. The number of hydrogen-bond acceptors (Lipinski definition) is 4. The van der Waals surface area contributed by atoms with Crippen molar-refractivity contribution >= 4 is 58.6 Å². The summed E-state index contributed by atoms with van der Waals surface area (Å²) in [6.45, 7) is 8.44. The molecule has 0 spiro atoms. The van der Waals surface area contributed by atoms with E-state index in [2.05, 4.69) is 51.1 Å². The first-order chi connectivity index (χ1) is 12.0. The van der Waals surface area contributed by atoms with Crippen molar-refractivity contribution in [2.24, 2.45) is 10.7 Å². The first kappa shape index (κ1) is 21.2. The highest BCUT2D eigenvalue weighted by molar-refractivity contribution is 14.0. The highest BCUT2D eigenvalue weighted by Crippen LogP contribution is 2.20. The quantitative estimate of drug-likeness (QED) is 0.385. The van der Waals surface area contributed by atoms with E-state index in [9.17, 15) is 0 Å². The van der Waals surface area contributed by atoms with E-state index in [1.165, 1.54) is 5.69 Å². The van der Waals surface area contributed by atoms with Crippen molar-refractivity contribution < 1.29 is 0 Å². The standard InChI is InChI=1S/C18H24ClN5S.HI/c1-13(2)16-12-25-17(22-16)11-21-18(20)24-9-7-23(8-10-24)15-5-3-14(19)4-6-15;/h3-6,12-13H,7-11H2,1-2H3,(H2,20,21);1H. The first-order valence-electron chi connectivity index (χ1n) is 8.52. The molecular formula is C18H25ClIN5S. The second kappa shape index (κ2) is 9.75. The second-order valence-corrected chi connectivity index (χ2v) is 7.82. The fourth-order valence-corrected chi connectivity index (χ4v) is 3.76. The third kappa shape index (κ3) is 5.47. The molecule has 142 valence electrons. The van der Waals surface area contributed by atoms with Crippen LogP contribution in [0.5, 0.6) is 0 Å². The summed E-state index contributed by atoms with van der Waals surface area (Å²) >= 11 is 7.61. The van der Waals surface area contributed by atoms with Gasteiger partial charge in [-0.25, -0.2) is 9.98 Å². The Morgan fingerprint density at radius 2 is 1.88 bits per heavy atom. The fourth-order valence-electron chi connectivity index (χ4n) is 2.76. The molecular weight excluding hydrogens is 481 g/mol. The predicted octanol–water partition coefficient (Wildman–Crippen LogP) is 4.17. The number of aromatic nitrogens is 1. The third-order valence-corrected chi connectivity index (χ3v) is 5.44. The number of anilines is 1. The molecule has 2 N–H and O–H groups in total. The van der Waals surface area contributed by atoms with Gasteiger partial charge in [-0.1, -0.05) is 25.4 Å². The number of benzene rings is 1. The zero-order valence-corrected chi connectivity index (χ0v) is 19.0. The number of guanidine groups is 1. The van der Waals surface area contributed by atoms with Crippen molar-refractivity contribution in [2.45, 2.75) is 26.3 Å². The van der Waals surface area contributed by atoms with Gasteiger partial charge in [-0.15, -0.1) is 35.3 Å². The molecule has 1 fully saturated rings. The lowest BCUT2D eigenvalue weighted by Gasteiger charge is -2.36. The number of hydrogen-bond donors (Lipinski definition) is 1. The van der Waals surface area contributed by atoms with Crippen LogP contribution in [0, 0.1) is 0 Å². The lowest BCUT2D eigenvalue weighted by Crippen LogP contribution is -2.51. The van der Waals surface area contributed by atoms with Gasteiger partial charge in [-0.3, -0.25) is 0 Å². The van der Waals surface area contributed by atoms with Crippen LogP contribution in [-0.2, 0) is 6.54 Å². The van der Waals surface area contributed by atoms with Gasteiger partial charge in [0.05, 0.1) is 12.2 Å². The molecule has 1 aromatic carbocycles. The van der Waals surface area contributed by atoms with Gasteiger partial charge < -0.3 is 15.5 Å². The lowest BCUT2D eigenvalue weighted by molar-refractivity contribution is 0.380. The van der Waals surface area contributed by atoms with Crippen LogP contribution in [-0.4, -0.2) is 42.0 Å². The summed E-state index contributed by atoms with van der Waals surface area (Å²) < 4.78 is 0. The molecule has 0 unspecified atom stereocenters. The summed E-state index contributed by atoms with van der Waals surface area (Å²) in [6, 6.07) is 7.98. The topological polar surface area (TPSA) is 57.8 Å². The summed E-state index contributed by atoms with van der Waals surface area (Å²) in [5, 5.41) is 3.89. The van der Waals surface area contributed by atoms with Gasteiger partial charge in [0, 0.05) is 42.3 Å². The Kier molecular flexibility index (Phi) is 7.97. The maximum Gasteiger partial charge on any atom is 0.191 e. The van der Waals surface area contributed by atoms with E-state index in [1.54, 1.807) is 11.3 Å². The van der Waals surface area contributed by atoms with Crippen LogP contribution in [0.4, 0.5) is 5.69 Å². The molecule has 0 atom stereocenters. The SMILES string of the molecule is CC(C)c1csc(CN=C(N)N2CCN(c3ccc(Cl)cc3)CC2)n1.I. The van der Waals surface area contributed by atoms with Crippen molar-refractivity contribution in [2.75, 3.05) is 31.1 Å².